The molecule has 1 aromatic heterocycles. The van der Waals surface area contributed by atoms with Crippen LogP contribution in [0.3, 0.4) is 0 Å². The van der Waals surface area contributed by atoms with Crippen LogP contribution in [-0.2, 0) is 13.1 Å². The Morgan fingerprint density at radius 2 is 1.71 bits per heavy atom. The third-order valence-corrected chi connectivity index (χ3v) is 5.61. The van der Waals surface area contributed by atoms with Crippen LogP contribution in [0, 0.1) is 17.6 Å². The first-order chi connectivity index (χ1) is 13.6. The van der Waals surface area contributed by atoms with Crippen LogP contribution in [0.1, 0.15) is 31.2 Å². The highest BCUT2D eigenvalue weighted by atomic mass is 19.1. The van der Waals surface area contributed by atoms with E-state index < -0.39 is 5.82 Å². The first-order valence-electron chi connectivity index (χ1n) is 9.85. The normalized spacial score (nSPS) is 16.1. The summed E-state index contributed by atoms with van der Waals surface area (Å²) in [6.07, 6.45) is 4.16. The van der Waals surface area contributed by atoms with Crippen LogP contribution in [0.15, 0.2) is 51.8 Å². The van der Waals surface area contributed by atoms with Gasteiger partial charge in [-0.1, -0.05) is 12.1 Å². The summed E-state index contributed by atoms with van der Waals surface area (Å²) in [5.74, 6) is 0.0407. The van der Waals surface area contributed by atoms with Gasteiger partial charge in [0.15, 0.2) is 5.58 Å². The van der Waals surface area contributed by atoms with Gasteiger partial charge in [-0.25, -0.2) is 8.78 Å². The summed E-state index contributed by atoms with van der Waals surface area (Å²) in [5, 5.41) is 0.426. The van der Waals surface area contributed by atoms with Gasteiger partial charge in [0.25, 0.3) is 5.56 Å². The van der Waals surface area contributed by atoms with Gasteiger partial charge in [-0.15, -0.1) is 0 Å². The fourth-order valence-electron chi connectivity index (χ4n) is 3.99. The first kappa shape index (κ1) is 18.9. The average Bonchev–Trinajstić information content (AvgIpc) is 3.00. The van der Waals surface area contributed by atoms with Crippen LogP contribution in [0.2, 0.25) is 0 Å². The summed E-state index contributed by atoms with van der Waals surface area (Å²) < 4.78 is 33.1. The molecule has 3 aromatic rings. The molecule has 4 rings (SSSR count). The fourth-order valence-corrected chi connectivity index (χ4v) is 3.99. The minimum absolute atomic E-state index is 0.191. The van der Waals surface area contributed by atoms with Gasteiger partial charge in [-0.2, -0.15) is 4.74 Å². The zero-order valence-electron chi connectivity index (χ0n) is 15.7. The highest BCUT2D eigenvalue weighted by Gasteiger charge is 2.19. The number of halogens is 2. The van der Waals surface area contributed by atoms with E-state index in [1.807, 2.05) is 12.1 Å². The Bertz CT molecular complexity index is 986. The molecule has 0 unspecified atom stereocenters. The van der Waals surface area contributed by atoms with Gasteiger partial charge in [0.1, 0.15) is 11.6 Å². The van der Waals surface area contributed by atoms with Crippen molar-refractivity contribution >= 4 is 11.0 Å². The first-order valence-corrected chi connectivity index (χ1v) is 9.85. The number of piperidine rings is 1. The molecule has 148 valence electrons. The second kappa shape index (κ2) is 8.27. The number of aryl methyl sites for hydroxylation is 1. The molecule has 0 N–H and O–H groups in total. The van der Waals surface area contributed by atoms with E-state index >= 15 is 0 Å². The van der Waals surface area contributed by atoms with Crippen molar-refractivity contribution < 1.29 is 13.3 Å². The van der Waals surface area contributed by atoms with E-state index in [1.54, 1.807) is 0 Å². The Hall–Kier alpha value is -2.47. The smallest absolute Gasteiger partial charge is 0.290 e. The number of aromatic nitrogens is 1. The predicted octanol–water partition coefficient (Wildman–Crippen LogP) is 4.57. The maximum Gasteiger partial charge on any atom is 0.290 e. The van der Waals surface area contributed by atoms with E-state index in [0.29, 0.717) is 23.4 Å². The maximum absolute atomic E-state index is 13.3. The van der Waals surface area contributed by atoms with E-state index in [9.17, 15) is 13.6 Å². The summed E-state index contributed by atoms with van der Waals surface area (Å²) in [4.78, 5) is 14.7. The fraction of sp³-hybridized carbons (Fsp3) is 0.409. The number of fused-ring (bicyclic) bond motifs is 1. The molecular formula is C22H24F2N2O2. The van der Waals surface area contributed by atoms with Gasteiger partial charge in [0.2, 0.25) is 0 Å². The molecule has 1 aliphatic heterocycles. The van der Waals surface area contributed by atoms with Gasteiger partial charge in [-0.05, 0) is 74.5 Å². The lowest BCUT2D eigenvalue weighted by Gasteiger charge is -2.32. The van der Waals surface area contributed by atoms with E-state index in [1.165, 1.54) is 35.1 Å². The van der Waals surface area contributed by atoms with Crippen LogP contribution in [0.4, 0.5) is 8.78 Å². The van der Waals surface area contributed by atoms with Crippen molar-refractivity contribution in [3.05, 3.63) is 70.0 Å². The van der Waals surface area contributed by atoms with Crippen molar-refractivity contribution in [2.24, 2.45) is 5.92 Å². The molecule has 1 saturated heterocycles. The van der Waals surface area contributed by atoms with E-state index in [2.05, 4.69) is 4.90 Å². The zero-order chi connectivity index (χ0) is 19.5. The summed E-state index contributed by atoms with van der Waals surface area (Å²) in [5.41, 5.74) is 1.25. The molecule has 0 aliphatic carbocycles. The van der Waals surface area contributed by atoms with E-state index in [0.717, 1.165) is 50.9 Å². The molecular weight excluding hydrogens is 362 g/mol. The molecule has 1 fully saturated rings. The Kier molecular flexibility index (Phi) is 5.57. The molecule has 6 heteroatoms. The second-order valence-corrected chi connectivity index (χ2v) is 7.63. The highest BCUT2D eigenvalue weighted by molar-refractivity contribution is 5.75. The van der Waals surface area contributed by atoms with Crippen LogP contribution in [-0.4, -0.2) is 22.7 Å². The number of hydrogen-bond acceptors (Lipinski definition) is 3. The van der Waals surface area contributed by atoms with E-state index in [-0.39, 0.29) is 11.4 Å². The number of benzene rings is 2. The van der Waals surface area contributed by atoms with E-state index in [4.69, 9.17) is 4.52 Å². The van der Waals surface area contributed by atoms with Crippen LogP contribution in [0.25, 0.3) is 11.0 Å². The van der Waals surface area contributed by atoms with Crippen molar-refractivity contribution in [2.75, 3.05) is 13.1 Å². The molecule has 0 amide bonds. The van der Waals surface area contributed by atoms with Gasteiger partial charge in [-0.3, -0.25) is 9.69 Å². The number of hydrogen-bond donors (Lipinski definition) is 0. The lowest BCUT2D eigenvalue weighted by Crippen LogP contribution is -2.33. The maximum atomic E-state index is 13.3. The Morgan fingerprint density at radius 3 is 2.46 bits per heavy atom. The summed E-state index contributed by atoms with van der Waals surface area (Å²) in [7, 11) is 0. The van der Waals surface area contributed by atoms with Crippen LogP contribution < -0.4 is 5.56 Å². The predicted molar refractivity (Wildman–Crippen MR) is 104 cm³/mol. The highest BCUT2D eigenvalue weighted by Crippen LogP contribution is 2.23. The third kappa shape index (κ3) is 4.33. The molecule has 0 radical (unpaired) electrons. The quantitative estimate of drug-likeness (QED) is 0.623. The lowest BCUT2D eigenvalue weighted by molar-refractivity contribution is 0.166. The Morgan fingerprint density at radius 1 is 1.00 bits per heavy atom. The Balaban J connectivity index is 1.24. The number of nitrogens with zero attached hydrogens (tertiary/aromatic N) is 2. The van der Waals surface area contributed by atoms with Crippen molar-refractivity contribution in [3.63, 3.8) is 0 Å². The standard InChI is InChI=1S/C22H24F2N2O2/c23-18-5-3-17(4-6-18)15-25-12-9-16(10-13-25)2-1-11-26-22(27)20-8-7-19(24)14-21(20)28-26/h3-8,14,16H,1-2,9-13,15H2. The van der Waals surface area contributed by atoms with Crippen LogP contribution >= 0.6 is 0 Å². The van der Waals surface area contributed by atoms with Gasteiger partial charge < -0.3 is 4.52 Å². The lowest BCUT2D eigenvalue weighted by atomic mass is 9.92. The molecule has 0 bridgehead atoms. The van der Waals surface area contributed by atoms with Crippen molar-refractivity contribution in [3.8, 4) is 0 Å². The van der Waals surface area contributed by atoms with Gasteiger partial charge in [0.05, 0.1) is 11.9 Å². The second-order valence-electron chi connectivity index (χ2n) is 7.63. The molecule has 4 nitrogen and oxygen atoms in total. The number of likely N-dealkylation sites (tertiary alicyclic amines) is 1. The molecule has 0 saturated carbocycles. The summed E-state index contributed by atoms with van der Waals surface area (Å²) >= 11 is 0. The van der Waals surface area contributed by atoms with Crippen LogP contribution in [0.5, 0.6) is 0 Å². The van der Waals surface area contributed by atoms with Crippen molar-refractivity contribution in [1.29, 1.82) is 0 Å². The minimum atomic E-state index is -0.402. The van der Waals surface area contributed by atoms with Gasteiger partial charge >= 0.3 is 0 Å². The minimum Gasteiger partial charge on any atom is -0.376 e. The number of rotatable bonds is 6. The monoisotopic (exact) mass is 386 g/mol. The molecule has 0 atom stereocenters. The SMILES string of the molecule is O=c1c2ccc(F)cc2on1CCCC1CCN(Cc2ccc(F)cc2)CC1. The molecule has 28 heavy (non-hydrogen) atoms. The van der Waals surface area contributed by atoms with Crippen molar-refractivity contribution in [2.45, 2.75) is 38.8 Å². The van der Waals surface area contributed by atoms with Crippen molar-refractivity contribution in [1.82, 2.24) is 9.64 Å². The Labute approximate surface area is 162 Å². The molecule has 0 spiro atoms. The molecule has 2 heterocycles. The van der Waals surface area contributed by atoms with Gasteiger partial charge in [0, 0.05) is 12.6 Å². The largest absolute Gasteiger partial charge is 0.376 e. The average molecular weight is 386 g/mol. The summed E-state index contributed by atoms with van der Waals surface area (Å²) in [6, 6.07) is 10.7. The molecule has 1 aliphatic rings. The topological polar surface area (TPSA) is 38.4 Å². The molecule has 2 aromatic carbocycles. The zero-order valence-corrected chi connectivity index (χ0v) is 15.7. The third-order valence-electron chi connectivity index (χ3n) is 5.61. The summed E-state index contributed by atoms with van der Waals surface area (Å²) in [6.45, 7) is 3.45.